The molecule has 4 aromatic rings. The third kappa shape index (κ3) is 4.46. The molecule has 2 aromatic heterocycles. The molecule has 0 amide bonds. The molecular formula is C32H26F3N5O. The van der Waals surface area contributed by atoms with Crippen LogP contribution in [0.5, 0.6) is 0 Å². The summed E-state index contributed by atoms with van der Waals surface area (Å²) in [6.45, 7) is 2.18. The van der Waals surface area contributed by atoms with Crippen LogP contribution in [0, 0.1) is 0 Å². The van der Waals surface area contributed by atoms with Crippen LogP contribution >= 0.6 is 0 Å². The second kappa shape index (κ2) is 9.85. The van der Waals surface area contributed by atoms with Crippen molar-refractivity contribution in [3.8, 4) is 5.69 Å². The fourth-order valence-corrected chi connectivity index (χ4v) is 6.03. The quantitative estimate of drug-likeness (QED) is 0.365. The Kier molecular flexibility index (Phi) is 6.12. The summed E-state index contributed by atoms with van der Waals surface area (Å²) in [7, 11) is 0. The first-order valence-electron chi connectivity index (χ1n) is 13.6. The molecule has 1 aliphatic carbocycles. The first-order chi connectivity index (χ1) is 19.9. The number of aliphatic imine (C=N–C) groups is 1. The van der Waals surface area contributed by atoms with Gasteiger partial charge in [0.25, 0.3) is 5.56 Å². The number of hydrogen-bond acceptors (Lipinski definition) is 5. The summed E-state index contributed by atoms with van der Waals surface area (Å²) in [6, 6.07) is 16.9. The molecule has 7 rings (SSSR count). The highest BCUT2D eigenvalue weighted by Gasteiger charge is 2.36. The normalized spacial score (nSPS) is 18.5. The van der Waals surface area contributed by atoms with Gasteiger partial charge in [-0.05, 0) is 48.4 Å². The maximum Gasteiger partial charge on any atom is 0.418 e. The lowest BCUT2D eigenvalue weighted by Gasteiger charge is -2.32. The van der Waals surface area contributed by atoms with E-state index in [4.69, 9.17) is 4.99 Å². The summed E-state index contributed by atoms with van der Waals surface area (Å²) in [6.07, 6.45) is 3.59. The van der Waals surface area contributed by atoms with E-state index in [-0.39, 0.29) is 17.4 Å². The number of rotatable bonds is 3. The number of nitrogens with zero attached hydrogens (tertiary/aromatic N) is 4. The van der Waals surface area contributed by atoms with Crippen LogP contribution < -0.4 is 15.8 Å². The van der Waals surface area contributed by atoms with Gasteiger partial charge in [0.1, 0.15) is 0 Å². The molecule has 2 aliphatic heterocycles. The molecule has 41 heavy (non-hydrogen) atoms. The van der Waals surface area contributed by atoms with Gasteiger partial charge in [0.2, 0.25) is 0 Å². The smallest absolute Gasteiger partial charge is 0.368 e. The van der Waals surface area contributed by atoms with E-state index in [1.54, 1.807) is 29.4 Å². The van der Waals surface area contributed by atoms with Crippen LogP contribution in [0.2, 0.25) is 0 Å². The molecule has 0 radical (unpaired) electrons. The minimum Gasteiger partial charge on any atom is -0.368 e. The van der Waals surface area contributed by atoms with E-state index in [9.17, 15) is 18.0 Å². The van der Waals surface area contributed by atoms with Crippen LogP contribution in [-0.4, -0.2) is 48.0 Å². The number of allylic oxidation sites excluding steroid dienone is 2. The van der Waals surface area contributed by atoms with Crippen molar-refractivity contribution in [2.75, 3.05) is 31.1 Å². The number of alkyl halides is 3. The van der Waals surface area contributed by atoms with Crippen LogP contribution in [0.15, 0.2) is 88.8 Å². The second-order valence-electron chi connectivity index (χ2n) is 10.4. The zero-order valence-corrected chi connectivity index (χ0v) is 22.0. The average molecular weight is 554 g/mol. The Labute approximate surface area is 234 Å². The molecule has 1 atom stereocenters. The van der Waals surface area contributed by atoms with Crippen LogP contribution in [0.25, 0.3) is 27.7 Å². The summed E-state index contributed by atoms with van der Waals surface area (Å²) < 4.78 is 44.6. The minimum absolute atomic E-state index is 0.130. The predicted octanol–water partition coefficient (Wildman–Crippen LogP) is 5.49. The zero-order valence-electron chi connectivity index (χ0n) is 22.0. The van der Waals surface area contributed by atoms with Crippen molar-refractivity contribution in [2.45, 2.75) is 18.6 Å². The van der Waals surface area contributed by atoms with Crippen LogP contribution in [0.3, 0.4) is 0 Å². The molecule has 1 fully saturated rings. The Bertz CT molecular complexity index is 1820. The van der Waals surface area contributed by atoms with Crippen molar-refractivity contribution in [1.82, 2.24) is 14.9 Å². The Morgan fingerprint density at radius 1 is 0.976 bits per heavy atom. The van der Waals surface area contributed by atoms with Gasteiger partial charge in [0.05, 0.1) is 22.8 Å². The maximum absolute atomic E-state index is 14.4. The fourth-order valence-electron chi connectivity index (χ4n) is 6.03. The molecule has 1 unspecified atom stereocenters. The highest BCUT2D eigenvalue weighted by atomic mass is 19.4. The molecule has 6 nitrogen and oxygen atoms in total. The van der Waals surface area contributed by atoms with Crippen molar-refractivity contribution in [1.29, 1.82) is 0 Å². The lowest BCUT2D eigenvalue weighted by atomic mass is 9.85. The molecule has 2 aromatic carbocycles. The Morgan fingerprint density at radius 2 is 1.80 bits per heavy atom. The number of hydrogen-bond donors (Lipinski definition) is 1. The number of pyridine rings is 2. The number of nitrogens with one attached hydrogen (secondary N) is 1. The van der Waals surface area contributed by atoms with Crippen LogP contribution in [0.1, 0.15) is 28.8 Å². The molecule has 1 saturated heterocycles. The van der Waals surface area contributed by atoms with Gasteiger partial charge in [-0.3, -0.25) is 19.3 Å². The molecule has 4 heterocycles. The third-order valence-electron chi connectivity index (χ3n) is 7.97. The van der Waals surface area contributed by atoms with Crippen molar-refractivity contribution in [2.24, 2.45) is 4.99 Å². The number of para-hydroxylation sites is 1. The summed E-state index contributed by atoms with van der Waals surface area (Å²) in [5.41, 5.74) is 3.97. The second-order valence-corrected chi connectivity index (χ2v) is 10.4. The van der Waals surface area contributed by atoms with Crippen molar-refractivity contribution in [3.63, 3.8) is 0 Å². The average Bonchev–Trinajstić information content (AvgIpc) is 3.00. The number of aromatic nitrogens is 2. The number of halogens is 3. The molecule has 3 aliphatic rings. The molecule has 0 spiro atoms. The van der Waals surface area contributed by atoms with E-state index in [0.29, 0.717) is 43.9 Å². The number of fused-ring (bicyclic) bond motifs is 4. The minimum atomic E-state index is -4.58. The molecule has 206 valence electrons. The zero-order chi connectivity index (χ0) is 28.1. The molecule has 0 bridgehead atoms. The summed E-state index contributed by atoms with van der Waals surface area (Å²) in [4.78, 5) is 24.5. The number of piperazine rings is 1. The standard InChI is InChI=1S/C32H26F3N5O/c33-32(34,35)26-18-23(8-10-28(26)39-15-13-36-14-16-39)40-29(41)11-7-22-19-38-27-9-6-21(17-25(27)31(22)40)24-5-1-3-20-4-2-12-37-30(20)24/h1-8,10-12,17-19,27,36H,9,13-16H2. The summed E-state index contributed by atoms with van der Waals surface area (Å²) in [5.74, 6) is 0. The highest BCUT2D eigenvalue weighted by molar-refractivity contribution is 6.00. The van der Waals surface area contributed by atoms with E-state index in [0.717, 1.165) is 33.7 Å². The van der Waals surface area contributed by atoms with Gasteiger partial charge in [-0.2, -0.15) is 13.2 Å². The van der Waals surface area contributed by atoms with Gasteiger partial charge in [0, 0.05) is 78.1 Å². The van der Waals surface area contributed by atoms with E-state index < -0.39 is 17.3 Å². The van der Waals surface area contributed by atoms with Gasteiger partial charge in [0.15, 0.2) is 0 Å². The van der Waals surface area contributed by atoms with Gasteiger partial charge in [-0.15, -0.1) is 0 Å². The van der Waals surface area contributed by atoms with E-state index >= 15 is 0 Å². The maximum atomic E-state index is 14.4. The largest absolute Gasteiger partial charge is 0.418 e. The number of anilines is 1. The molecule has 0 saturated carbocycles. The van der Waals surface area contributed by atoms with Gasteiger partial charge in [-0.25, -0.2) is 0 Å². The van der Waals surface area contributed by atoms with E-state index in [2.05, 4.69) is 16.4 Å². The van der Waals surface area contributed by atoms with E-state index in [1.807, 2.05) is 36.4 Å². The van der Waals surface area contributed by atoms with Crippen molar-refractivity contribution >= 4 is 34.0 Å². The van der Waals surface area contributed by atoms with Crippen LogP contribution in [0.4, 0.5) is 18.9 Å². The van der Waals surface area contributed by atoms with Gasteiger partial charge >= 0.3 is 6.18 Å². The first kappa shape index (κ1) is 25.5. The van der Waals surface area contributed by atoms with Crippen molar-refractivity contribution in [3.05, 3.63) is 112 Å². The summed E-state index contributed by atoms with van der Waals surface area (Å²) in [5, 5.41) is 4.19. The third-order valence-corrected chi connectivity index (χ3v) is 7.97. The monoisotopic (exact) mass is 553 g/mol. The Balaban J connectivity index is 1.39. The first-order valence-corrected chi connectivity index (χ1v) is 13.6. The molecule has 1 N–H and O–H groups in total. The fraction of sp³-hybridized carbons (Fsp3) is 0.219. The summed E-state index contributed by atoms with van der Waals surface area (Å²) >= 11 is 0. The van der Waals surface area contributed by atoms with Gasteiger partial charge in [-0.1, -0.05) is 30.3 Å². The molecular weight excluding hydrogens is 527 g/mol. The van der Waals surface area contributed by atoms with E-state index in [1.165, 1.54) is 16.7 Å². The highest BCUT2D eigenvalue weighted by Crippen LogP contribution is 2.41. The lowest BCUT2D eigenvalue weighted by molar-refractivity contribution is -0.137. The Hall–Kier alpha value is -4.50. The predicted molar refractivity (Wildman–Crippen MR) is 156 cm³/mol. The topological polar surface area (TPSA) is 62.5 Å². The van der Waals surface area contributed by atoms with Crippen molar-refractivity contribution < 1.29 is 13.2 Å². The van der Waals surface area contributed by atoms with Gasteiger partial charge < -0.3 is 10.2 Å². The van der Waals surface area contributed by atoms with Crippen LogP contribution in [-0.2, 0) is 6.18 Å². The molecule has 9 heteroatoms. The number of benzene rings is 2. The lowest BCUT2D eigenvalue weighted by Crippen LogP contribution is -2.44. The Morgan fingerprint density at radius 3 is 2.63 bits per heavy atom. The SMILES string of the molecule is O=c1ccc2c(n1-c1ccc(N3CCNCC3)c(C(F)(F)F)c1)C1=CC(c3cccc4cccnc34)=CCC1N=C2.